The Morgan fingerprint density at radius 2 is 2.24 bits per heavy atom. The lowest BCUT2D eigenvalue weighted by Crippen LogP contribution is -2.05. The maximum atomic E-state index is 13.9. The molecule has 0 unspecified atom stereocenters. The van der Waals surface area contributed by atoms with Crippen molar-refractivity contribution in [3.05, 3.63) is 53.9 Å². The SMILES string of the molecule is C=Cc1nc(NCc2cc(C)on2)c2cccc(F)c2n1. The van der Waals surface area contributed by atoms with Crippen molar-refractivity contribution < 1.29 is 8.91 Å². The molecular weight excluding hydrogens is 271 g/mol. The second-order valence-electron chi connectivity index (χ2n) is 4.55. The molecule has 3 rings (SSSR count). The molecule has 0 atom stereocenters. The molecule has 0 bridgehead atoms. The van der Waals surface area contributed by atoms with E-state index in [-0.39, 0.29) is 5.52 Å². The predicted octanol–water partition coefficient (Wildman–Crippen LogP) is 3.32. The number of anilines is 1. The molecule has 0 amide bonds. The van der Waals surface area contributed by atoms with Gasteiger partial charge in [-0.15, -0.1) is 0 Å². The van der Waals surface area contributed by atoms with Gasteiger partial charge in [0.1, 0.15) is 28.6 Å². The summed E-state index contributed by atoms with van der Waals surface area (Å²) in [6, 6.07) is 6.58. The zero-order chi connectivity index (χ0) is 14.8. The fraction of sp³-hybridized carbons (Fsp3) is 0.133. The van der Waals surface area contributed by atoms with Crippen molar-refractivity contribution in [2.45, 2.75) is 13.5 Å². The highest BCUT2D eigenvalue weighted by atomic mass is 19.1. The van der Waals surface area contributed by atoms with E-state index < -0.39 is 5.82 Å². The molecule has 0 spiro atoms. The van der Waals surface area contributed by atoms with Crippen LogP contribution in [0.2, 0.25) is 0 Å². The van der Waals surface area contributed by atoms with Gasteiger partial charge in [0, 0.05) is 11.5 Å². The standard InChI is InChI=1S/C15H13FN4O/c1-3-13-18-14-11(5-4-6-12(14)16)15(19-13)17-8-10-7-9(2)21-20-10/h3-7H,1,8H2,2H3,(H,17,18,19). The lowest BCUT2D eigenvalue weighted by Gasteiger charge is -2.08. The summed E-state index contributed by atoms with van der Waals surface area (Å²) in [7, 11) is 0. The molecular formula is C15H13FN4O. The zero-order valence-electron chi connectivity index (χ0n) is 11.4. The third-order valence-electron chi connectivity index (χ3n) is 2.99. The predicted molar refractivity (Wildman–Crippen MR) is 78.2 cm³/mol. The molecule has 0 aliphatic carbocycles. The summed E-state index contributed by atoms with van der Waals surface area (Å²) in [5.74, 6) is 1.25. The molecule has 0 aliphatic heterocycles. The van der Waals surface area contributed by atoms with Crippen LogP contribution in [0.4, 0.5) is 10.2 Å². The quantitative estimate of drug-likeness (QED) is 0.796. The highest BCUT2D eigenvalue weighted by Crippen LogP contribution is 2.23. The Kier molecular flexibility index (Phi) is 3.35. The molecule has 106 valence electrons. The minimum Gasteiger partial charge on any atom is -0.364 e. The number of hydrogen-bond donors (Lipinski definition) is 1. The fourth-order valence-electron chi connectivity index (χ4n) is 2.04. The van der Waals surface area contributed by atoms with Gasteiger partial charge in [0.15, 0.2) is 5.82 Å². The average molecular weight is 284 g/mol. The van der Waals surface area contributed by atoms with E-state index in [0.717, 1.165) is 11.5 Å². The molecule has 0 fully saturated rings. The minimum absolute atomic E-state index is 0.265. The van der Waals surface area contributed by atoms with E-state index in [1.54, 1.807) is 12.1 Å². The van der Waals surface area contributed by atoms with Gasteiger partial charge in [0.25, 0.3) is 0 Å². The molecule has 21 heavy (non-hydrogen) atoms. The Balaban J connectivity index is 2.00. The first-order valence-corrected chi connectivity index (χ1v) is 6.42. The van der Waals surface area contributed by atoms with E-state index >= 15 is 0 Å². The van der Waals surface area contributed by atoms with Gasteiger partial charge in [-0.05, 0) is 25.1 Å². The van der Waals surface area contributed by atoms with Gasteiger partial charge in [-0.2, -0.15) is 0 Å². The molecule has 0 saturated heterocycles. The molecule has 0 radical (unpaired) electrons. The molecule has 2 aromatic heterocycles. The Labute approximate surface area is 120 Å². The average Bonchev–Trinajstić information content (AvgIpc) is 2.91. The van der Waals surface area contributed by atoms with Crippen molar-refractivity contribution >= 4 is 22.8 Å². The highest BCUT2D eigenvalue weighted by molar-refractivity contribution is 5.90. The van der Waals surface area contributed by atoms with Crippen molar-refractivity contribution in [3.8, 4) is 0 Å². The van der Waals surface area contributed by atoms with Crippen LogP contribution in [0.3, 0.4) is 0 Å². The monoisotopic (exact) mass is 284 g/mol. The number of fused-ring (bicyclic) bond motifs is 1. The van der Waals surface area contributed by atoms with Crippen LogP contribution in [0.5, 0.6) is 0 Å². The maximum Gasteiger partial charge on any atom is 0.154 e. The summed E-state index contributed by atoms with van der Waals surface area (Å²) in [5, 5.41) is 7.64. The molecule has 1 N–H and O–H groups in total. The van der Waals surface area contributed by atoms with Crippen LogP contribution in [0, 0.1) is 12.7 Å². The van der Waals surface area contributed by atoms with Crippen LogP contribution in [-0.4, -0.2) is 15.1 Å². The number of nitrogens with one attached hydrogen (secondary N) is 1. The van der Waals surface area contributed by atoms with Gasteiger partial charge >= 0.3 is 0 Å². The van der Waals surface area contributed by atoms with Gasteiger partial charge in [0.05, 0.1) is 6.54 Å². The zero-order valence-corrected chi connectivity index (χ0v) is 11.4. The first-order chi connectivity index (χ1) is 10.2. The minimum atomic E-state index is -0.390. The first-order valence-electron chi connectivity index (χ1n) is 6.42. The largest absolute Gasteiger partial charge is 0.364 e. The summed E-state index contributed by atoms with van der Waals surface area (Å²) >= 11 is 0. The Morgan fingerprint density at radius 3 is 2.95 bits per heavy atom. The lowest BCUT2D eigenvalue weighted by molar-refractivity contribution is 0.391. The highest BCUT2D eigenvalue weighted by Gasteiger charge is 2.10. The van der Waals surface area contributed by atoms with E-state index in [1.807, 2.05) is 13.0 Å². The normalized spacial score (nSPS) is 10.8. The number of aromatic nitrogens is 3. The van der Waals surface area contributed by atoms with E-state index in [2.05, 4.69) is 27.0 Å². The second-order valence-corrected chi connectivity index (χ2v) is 4.55. The van der Waals surface area contributed by atoms with E-state index in [9.17, 15) is 4.39 Å². The van der Waals surface area contributed by atoms with E-state index in [4.69, 9.17) is 4.52 Å². The van der Waals surface area contributed by atoms with Crippen molar-refractivity contribution in [1.29, 1.82) is 0 Å². The van der Waals surface area contributed by atoms with Crippen LogP contribution in [0.1, 0.15) is 17.3 Å². The number of aryl methyl sites for hydroxylation is 1. The molecule has 1 aromatic carbocycles. The summed E-state index contributed by atoms with van der Waals surface area (Å²) in [6.45, 7) is 5.88. The maximum absolute atomic E-state index is 13.9. The third kappa shape index (κ3) is 2.60. The Bertz CT molecular complexity index is 813. The molecule has 6 heteroatoms. The molecule has 2 heterocycles. The summed E-state index contributed by atoms with van der Waals surface area (Å²) in [6.07, 6.45) is 1.48. The second kappa shape index (κ2) is 5.32. The van der Waals surface area contributed by atoms with Gasteiger partial charge in [-0.25, -0.2) is 14.4 Å². The van der Waals surface area contributed by atoms with Crippen LogP contribution in [0.25, 0.3) is 17.0 Å². The van der Waals surface area contributed by atoms with Crippen molar-refractivity contribution in [2.75, 3.05) is 5.32 Å². The number of para-hydroxylation sites is 1. The van der Waals surface area contributed by atoms with Gasteiger partial charge in [-0.3, -0.25) is 0 Å². The number of nitrogens with zero attached hydrogens (tertiary/aromatic N) is 3. The number of benzene rings is 1. The van der Waals surface area contributed by atoms with Gasteiger partial charge in [0.2, 0.25) is 0 Å². The smallest absolute Gasteiger partial charge is 0.154 e. The van der Waals surface area contributed by atoms with E-state index in [0.29, 0.717) is 23.6 Å². The lowest BCUT2D eigenvalue weighted by atomic mass is 10.2. The Morgan fingerprint density at radius 1 is 1.38 bits per heavy atom. The van der Waals surface area contributed by atoms with E-state index in [1.165, 1.54) is 12.1 Å². The van der Waals surface area contributed by atoms with Crippen molar-refractivity contribution in [1.82, 2.24) is 15.1 Å². The Hall–Kier alpha value is -2.76. The summed E-state index contributed by atoms with van der Waals surface area (Å²) in [5.41, 5.74) is 1.01. The number of rotatable bonds is 4. The van der Waals surface area contributed by atoms with Crippen LogP contribution in [0.15, 0.2) is 35.4 Å². The number of halogens is 1. The molecule has 3 aromatic rings. The van der Waals surface area contributed by atoms with Gasteiger partial charge in [-0.1, -0.05) is 17.8 Å². The molecule has 5 nitrogen and oxygen atoms in total. The van der Waals surface area contributed by atoms with Crippen LogP contribution in [-0.2, 0) is 6.54 Å². The molecule has 0 aliphatic rings. The van der Waals surface area contributed by atoms with Crippen LogP contribution < -0.4 is 5.32 Å². The van der Waals surface area contributed by atoms with Crippen molar-refractivity contribution in [2.24, 2.45) is 0 Å². The first kappa shape index (κ1) is 13.2. The fourth-order valence-corrected chi connectivity index (χ4v) is 2.04. The van der Waals surface area contributed by atoms with Crippen LogP contribution >= 0.6 is 0 Å². The van der Waals surface area contributed by atoms with Gasteiger partial charge < -0.3 is 9.84 Å². The summed E-state index contributed by atoms with van der Waals surface area (Å²) in [4.78, 5) is 8.45. The topological polar surface area (TPSA) is 63.8 Å². The third-order valence-corrected chi connectivity index (χ3v) is 2.99. The summed E-state index contributed by atoms with van der Waals surface area (Å²) < 4.78 is 18.9. The molecule has 0 saturated carbocycles. The van der Waals surface area contributed by atoms with Crippen molar-refractivity contribution in [3.63, 3.8) is 0 Å². The number of hydrogen-bond acceptors (Lipinski definition) is 5.